The number of halogens is 2. The van der Waals surface area contributed by atoms with Gasteiger partial charge in [-0.25, -0.2) is 0 Å². The maximum absolute atomic E-state index is 10.1. The van der Waals surface area contributed by atoms with E-state index in [9.17, 15) is 10.1 Å². The zero-order chi connectivity index (χ0) is 7.72. The molecule has 4 nitrogen and oxygen atoms in total. The number of H-pyrrole nitrogens is 1. The summed E-state index contributed by atoms with van der Waals surface area (Å²) in [5.74, 6) is 0. The average Bonchev–Trinajstić information content (AvgIpc) is 2.10. The predicted octanol–water partition coefficient (Wildman–Crippen LogP) is 2.23. The summed E-state index contributed by atoms with van der Waals surface area (Å²) < 4.78 is 0. The summed E-state index contributed by atoms with van der Waals surface area (Å²) in [6.07, 6.45) is 0. The second-order valence-corrected chi connectivity index (χ2v) is 2.36. The van der Waals surface area contributed by atoms with Crippen LogP contribution < -0.4 is 0 Å². The van der Waals surface area contributed by atoms with Crippen LogP contribution >= 0.6 is 23.2 Å². The summed E-state index contributed by atoms with van der Waals surface area (Å²) in [6.45, 7) is 0. The van der Waals surface area contributed by atoms with E-state index in [0.29, 0.717) is 0 Å². The predicted molar refractivity (Wildman–Crippen MR) is 37.5 cm³/mol. The highest BCUT2D eigenvalue weighted by Crippen LogP contribution is 2.26. The third-order valence-corrected chi connectivity index (χ3v) is 1.41. The molecule has 0 saturated heterocycles. The van der Waals surface area contributed by atoms with Crippen molar-refractivity contribution in [1.29, 1.82) is 0 Å². The Balaban J connectivity index is 3.15. The second-order valence-electron chi connectivity index (χ2n) is 1.57. The van der Waals surface area contributed by atoms with E-state index in [1.165, 1.54) is 0 Å². The molecule has 0 amide bonds. The summed E-state index contributed by atoms with van der Waals surface area (Å²) in [4.78, 5) is 11.8. The van der Waals surface area contributed by atoms with Gasteiger partial charge in [0, 0.05) is 0 Å². The number of nitro groups is 1. The molecule has 1 aromatic heterocycles. The van der Waals surface area contributed by atoms with Crippen LogP contribution in [0.5, 0.6) is 0 Å². The smallest absolute Gasteiger partial charge is 0.307 e. The Morgan fingerprint density at radius 3 is 2.40 bits per heavy atom. The lowest BCUT2D eigenvalue weighted by atomic mass is 10.6. The SMILES string of the molecule is O=[N+]([O-])c1cc(Cl)[nH]c1Cl. The molecule has 54 valence electrons. The Kier molecular flexibility index (Phi) is 1.82. The molecule has 0 bridgehead atoms. The highest BCUT2D eigenvalue weighted by atomic mass is 35.5. The van der Waals surface area contributed by atoms with Gasteiger partial charge in [-0.3, -0.25) is 10.1 Å². The molecule has 0 saturated carbocycles. The van der Waals surface area contributed by atoms with Gasteiger partial charge >= 0.3 is 5.69 Å². The molecule has 6 heteroatoms. The van der Waals surface area contributed by atoms with E-state index in [2.05, 4.69) is 4.98 Å². The van der Waals surface area contributed by atoms with E-state index in [1.54, 1.807) is 0 Å². The first-order chi connectivity index (χ1) is 4.61. The van der Waals surface area contributed by atoms with Gasteiger partial charge in [-0.1, -0.05) is 23.2 Å². The van der Waals surface area contributed by atoms with Gasteiger partial charge in [0.25, 0.3) is 0 Å². The minimum atomic E-state index is -0.606. The molecule has 0 unspecified atom stereocenters. The first-order valence-corrected chi connectivity index (χ1v) is 3.05. The summed E-state index contributed by atoms with van der Waals surface area (Å²) >= 11 is 10.7. The highest BCUT2D eigenvalue weighted by molar-refractivity contribution is 6.34. The first-order valence-electron chi connectivity index (χ1n) is 2.29. The van der Waals surface area contributed by atoms with Crippen LogP contribution in [-0.4, -0.2) is 9.91 Å². The molecule has 0 aliphatic heterocycles. The van der Waals surface area contributed by atoms with E-state index in [-0.39, 0.29) is 16.0 Å². The molecule has 10 heavy (non-hydrogen) atoms. The molecule has 0 spiro atoms. The second kappa shape index (κ2) is 2.48. The molecule has 0 atom stereocenters. The molecule has 0 radical (unpaired) electrons. The van der Waals surface area contributed by atoms with Crippen molar-refractivity contribution >= 4 is 28.9 Å². The van der Waals surface area contributed by atoms with Crippen LogP contribution in [-0.2, 0) is 0 Å². The molecule has 1 N–H and O–H groups in total. The van der Waals surface area contributed by atoms with Crippen molar-refractivity contribution in [3.63, 3.8) is 0 Å². The number of hydrogen-bond acceptors (Lipinski definition) is 2. The topological polar surface area (TPSA) is 58.9 Å². The van der Waals surface area contributed by atoms with Crippen molar-refractivity contribution < 1.29 is 4.92 Å². The number of aromatic amines is 1. The summed E-state index contributed by atoms with van der Waals surface area (Å²) in [6, 6.07) is 1.16. The standard InChI is InChI=1S/C4H2Cl2N2O2/c5-3-1-2(8(9)10)4(6)7-3/h1,7H. The van der Waals surface area contributed by atoms with Crippen LogP contribution in [0.15, 0.2) is 6.07 Å². The van der Waals surface area contributed by atoms with Gasteiger partial charge in [-0.15, -0.1) is 0 Å². The molecular formula is C4H2Cl2N2O2. The number of rotatable bonds is 1. The maximum atomic E-state index is 10.1. The Labute approximate surface area is 65.9 Å². The van der Waals surface area contributed by atoms with Crippen LogP contribution in [0.4, 0.5) is 5.69 Å². The van der Waals surface area contributed by atoms with Crippen molar-refractivity contribution in [2.75, 3.05) is 0 Å². The average molecular weight is 181 g/mol. The quantitative estimate of drug-likeness (QED) is 0.533. The normalized spacial score (nSPS) is 9.80. The van der Waals surface area contributed by atoms with Gasteiger partial charge in [0.15, 0.2) is 5.15 Å². The van der Waals surface area contributed by atoms with Gasteiger partial charge in [0.1, 0.15) is 5.15 Å². The van der Waals surface area contributed by atoms with E-state index in [4.69, 9.17) is 23.2 Å². The largest absolute Gasteiger partial charge is 0.331 e. The van der Waals surface area contributed by atoms with E-state index in [1.807, 2.05) is 0 Å². The van der Waals surface area contributed by atoms with Crippen LogP contribution in [0.25, 0.3) is 0 Å². The van der Waals surface area contributed by atoms with Crippen molar-refractivity contribution in [3.8, 4) is 0 Å². The van der Waals surface area contributed by atoms with E-state index in [0.717, 1.165) is 6.07 Å². The maximum Gasteiger partial charge on any atom is 0.307 e. The summed E-state index contributed by atoms with van der Waals surface area (Å²) in [7, 11) is 0. The Bertz CT molecular complexity index is 270. The molecule has 0 fully saturated rings. The lowest BCUT2D eigenvalue weighted by Gasteiger charge is -1.81. The van der Waals surface area contributed by atoms with Gasteiger partial charge in [0.2, 0.25) is 0 Å². The number of nitrogens with zero attached hydrogens (tertiary/aromatic N) is 1. The third-order valence-electron chi connectivity index (χ3n) is 0.914. The zero-order valence-corrected chi connectivity index (χ0v) is 6.11. The molecule has 1 rings (SSSR count). The highest BCUT2D eigenvalue weighted by Gasteiger charge is 2.14. The fraction of sp³-hybridized carbons (Fsp3) is 0. The van der Waals surface area contributed by atoms with Crippen LogP contribution in [0.3, 0.4) is 0 Å². The zero-order valence-electron chi connectivity index (χ0n) is 4.60. The summed E-state index contributed by atoms with van der Waals surface area (Å²) in [5.41, 5.74) is -0.202. The fourth-order valence-electron chi connectivity index (χ4n) is 0.521. The molecule has 1 aromatic rings. The first kappa shape index (κ1) is 7.37. The van der Waals surface area contributed by atoms with Crippen LogP contribution in [0, 0.1) is 10.1 Å². The lowest BCUT2D eigenvalue weighted by molar-refractivity contribution is -0.384. The lowest BCUT2D eigenvalue weighted by Crippen LogP contribution is -1.84. The Morgan fingerprint density at radius 1 is 1.60 bits per heavy atom. The van der Waals surface area contributed by atoms with Gasteiger partial charge < -0.3 is 4.98 Å². The minimum Gasteiger partial charge on any atom is -0.331 e. The van der Waals surface area contributed by atoms with Gasteiger partial charge in [-0.05, 0) is 0 Å². The molecule has 0 aliphatic carbocycles. The van der Waals surface area contributed by atoms with Gasteiger partial charge in [0.05, 0.1) is 11.0 Å². The Morgan fingerprint density at radius 2 is 2.20 bits per heavy atom. The number of aromatic nitrogens is 1. The minimum absolute atomic E-state index is 0.0463. The van der Waals surface area contributed by atoms with Crippen molar-refractivity contribution in [3.05, 3.63) is 26.5 Å². The molecule has 0 aliphatic rings. The number of nitrogens with one attached hydrogen (secondary N) is 1. The van der Waals surface area contributed by atoms with E-state index < -0.39 is 4.92 Å². The summed E-state index contributed by atoms with van der Waals surface area (Å²) in [5, 5.41) is 10.2. The third kappa shape index (κ3) is 1.22. The van der Waals surface area contributed by atoms with E-state index >= 15 is 0 Å². The van der Waals surface area contributed by atoms with Crippen molar-refractivity contribution in [2.24, 2.45) is 0 Å². The van der Waals surface area contributed by atoms with Gasteiger partial charge in [-0.2, -0.15) is 0 Å². The Hall–Kier alpha value is -0.740. The molecule has 1 heterocycles. The van der Waals surface area contributed by atoms with Crippen LogP contribution in [0.1, 0.15) is 0 Å². The monoisotopic (exact) mass is 180 g/mol. The molecule has 0 aromatic carbocycles. The number of hydrogen-bond donors (Lipinski definition) is 1. The fourth-order valence-corrected chi connectivity index (χ4v) is 0.993. The van der Waals surface area contributed by atoms with Crippen molar-refractivity contribution in [2.45, 2.75) is 0 Å². The van der Waals surface area contributed by atoms with Crippen LogP contribution in [0.2, 0.25) is 10.3 Å². The molecular weight excluding hydrogens is 179 g/mol. The van der Waals surface area contributed by atoms with Crippen molar-refractivity contribution in [1.82, 2.24) is 4.98 Å².